The highest BCUT2D eigenvalue weighted by atomic mass is 32.1. The van der Waals surface area contributed by atoms with Crippen LogP contribution >= 0.6 is 11.3 Å². The summed E-state index contributed by atoms with van der Waals surface area (Å²) in [6, 6.07) is 11.0. The topological polar surface area (TPSA) is 12.0 Å². The Balaban J connectivity index is 2.29. The van der Waals surface area contributed by atoms with E-state index in [4.69, 9.17) is 0 Å². The van der Waals surface area contributed by atoms with Crippen molar-refractivity contribution in [3.63, 3.8) is 0 Å². The number of halogens is 1. The molecule has 0 aliphatic carbocycles. The molecule has 1 nitrogen and oxygen atoms in total. The first-order valence-electron chi connectivity index (χ1n) is 5.33. The van der Waals surface area contributed by atoms with E-state index in [9.17, 15) is 4.39 Å². The summed E-state index contributed by atoms with van der Waals surface area (Å²) in [6.45, 7) is 2.96. The highest BCUT2D eigenvalue weighted by molar-refractivity contribution is 7.10. The summed E-state index contributed by atoms with van der Waals surface area (Å²) in [7, 11) is 0. The zero-order chi connectivity index (χ0) is 11.4. The Hall–Kier alpha value is -1.19. The minimum atomic E-state index is -0.190. The summed E-state index contributed by atoms with van der Waals surface area (Å²) in [5.41, 5.74) is 1.10. The summed E-state index contributed by atoms with van der Waals surface area (Å²) in [6.07, 6.45) is 0. The summed E-state index contributed by atoms with van der Waals surface area (Å²) in [5.74, 6) is -0.190. The molecule has 0 saturated heterocycles. The zero-order valence-corrected chi connectivity index (χ0v) is 9.93. The summed E-state index contributed by atoms with van der Waals surface area (Å²) in [5, 5.41) is 5.47. The molecule has 1 unspecified atom stereocenters. The predicted octanol–water partition coefficient (Wildman–Crippen LogP) is 3.59. The van der Waals surface area contributed by atoms with Crippen LogP contribution in [0, 0.1) is 5.82 Å². The maximum absolute atomic E-state index is 12.9. The van der Waals surface area contributed by atoms with Crippen LogP contribution in [0.5, 0.6) is 0 Å². The largest absolute Gasteiger partial charge is 0.306 e. The minimum Gasteiger partial charge on any atom is -0.306 e. The Morgan fingerprint density at radius 3 is 2.56 bits per heavy atom. The molecule has 0 fully saturated rings. The van der Waals surface area contributed by atoms with Gasteiger partial charge in [-0.25, -0.2) is 4.39 Å². The van der Waals surface area contributed by atoms with Gasteiger partial charge in [0.1, 0.15) is 5.82 Å². The third-order valence-electron chi connectivity index (χ3n) is 2.44. The normalized spacial score (nSPS) is 12.6. The molecule has 0 spiro atoms. The number of rotatable bonds is 4. The van der Waals surface area contributed by atoms with E-state index in [0.29, 0.717) is 0 Å². The van der Waals surface area contributed by atoms with Gasteiger partial charge in [0.2, 0.25) is 0 Å². The molecule has 16 heavy (non-hydrogen) atoms. The van der Waals surface area contributed by atoms with Gasteiger partial charge in [0.15, 0.2) is 0 Å². The van der Waals surface area contributed by atoms with E-state index < -0.39 is 0 Å². The van der Waals surface area contributed by atoms with E-state index in [1.807, 2.05) is 18.2 Å². The molecule has 0 aliphatic rings. The lowest BCUT2D eigenvalue weighted by Gasteiger charge is -2.16. The second-order valence-corrected chi connectivity index (χ2v) is 4.54. The minimum absolute atomic E-state index is 0.172. The van der Waals surface area contributed by atoms with Crippen molar-refractivity contribution in [3.8, 4) is 0 Å². The monoisotopic (exact) mass is 235 g/mol. The van der Waals surface area contributed by atoms with Crippen LogP contribution in [-0.4, -0.2) is 6.54 Å². The Morgan fingerprint density at radius 1 is 1.25 bits per heavy atom. The maximum atomic E-state index is 12.9. The fourth-order valence-electron chi connectivity index (χ4n) is 1.70. The quantitative estimate of drug-likeness (QED) is 0.854. The number of thiophene rings is 1. The van der Waals surface area contributed by atoms with Crippen molar-refractivity contribution in [2.45, 2.75) is 13.0 Å². The highest BCUT2D eigenvalue weighted by Gasteiger charge is 2.13. The van der Waals surface area contributed by atoms with Gasteiger partial charge < -0.3 is 5.32 Å². The first kappa shape index (κ1) is 11.3. The van der Waals surface area contributed by atoms with E-state index >= 15 is 0 Å². The van der Waals surface area contributed by atoms with E-state index in [0.717, 1.165) is 12.1 Å². The molecule has 1 aromatic carbocycles. The molecule has 0 saturated carbocycles. The van der Waals surface area contributed by atoms with Crippen LogP contribution in [0.15, 0.2) is 41.8 Å². The number of benzene rings is 1. The third kappa shape index (κ3) is 2.49. The number of hydrogen-bond donors (Lipinski definition) is 1. The SMILES string of the molecule is CCNC(c1ccc(F)cc1)c1cccs1. The average molecular weight is 235 g/mol. The molecular formula is C13H14FNS. The zero-order valence-electron chi connectivity index (χ0n) is 9.11. The van der Waals surface area contributed by atoms with Crippen molar-refractivity contribution in [2.24, 2.45) is 0 Å². The third-order valence-corrected chi connectivity index (χ3v) is 3.38. The molecule has 0 amide bonds. The molecule has 1 aromatic heterocycles. The fraction of sp³-hybridized carbons (Fsp3) is 0.231. The van der Waals surface area contributed by atoms with Gasteiger partial charge in [-0.3, -0.25) is 0 Å². The van der Waals surface area contributed by atoms with Crippen molar-refractivity contribution in [2.75, 3.05) is 6.54 Å². The van der Waals surface area contributed by atoms with Gasteiger partial charge in [0, 0.05) is 4.88 Å². The Bertz CT molecular complexity index is 422. The molecule has 2 rings (SSSR count). The second-order valence-electron chi connectivity index (χ2n) is 3.56. The van der Waals surface area contributed by atoms with E-state index in [2.05, 4.69) is 23.7 Å². The first-order valence-corrected chi connectivity index (χ1v) is 6.21. The summed E-state index contributed by atoms with van der Waals surface area (Å²) >= 11 is 1.71. The molecule has 84 valence electrons. The van der Waals surface area contributed by atoms with Crippen molar-refractivity contribution < 1.29 is 4.39 Å². The van der Waals surface area contributed by atoms with Crippen LogP contribution in [0.1, 0.15) is 23.4 Å². The van der Waals surface area contributed by atoms with Crippen molar-refractivity contribution in [1.82, 2.24) is 5.32 Å². The molecule has 3 heteroatoms. The summed E-state index contributed by atoms with van der Waals surface area (Å²) < 4.78 is 12.9. The van der Waals surface area contributed by atoms with Gasteiger partial charge in [0.25, 0.3) is 0 Å². The molecule has 1 N–H and O–H groups in total. The van der Waals surface area contributed by atoms with Gasteiger partial charge in [-0.2, -0.15) is 0 Å². The Kier molecular flexibility index (Phi) is 3.70. The first-order chi connectivity index (χ1) is 7.81. The molecule has 0 aliphatic heterocycles. The predicted molar refractivity (Wildman–Crippen MR) is 66.2 cm³/mol. The number of hydrogen-bond acceptors (Lipinski definition) is 2. The van der Waals surface area contributed by atoms with Gasteiger partial charge in [-0.15, -0.1) is 11.3 Å². The van der Waals surface area contributed by atoms with Crippen LogP contribution in [0.2, 0.25) is 0 Å². The fourth-order valence-corrected chi connectivity index (χ4v) is 2.52. The van der Waals surface area contributed by atoms with Crippen LogP contribution < -0.4 is 5.32 Å². The average Bonchev–Trinajstić information content (AvgIpc) is 2.81. The Morgan fingerprint density at radius 2 is 2.00 bits per heavy atom. The number of nitrogens with one attached hydrogen (secondary N) is 1. The van der Waals surface area contributed by atoms with Crippen molar-refractivity contribution in [1.29, 1.82) is 0 Å². The molecule has 2 aromatic rings. The molecular weight excluding hydrogens is 221 g/mol. The Labute approximate surface area is 98.9 Å². The van der Waals surface area contributed by atoms with Gasteiger partial charge in [-0.05, 0) is 35.7 Å². The van der Waals surface area contributed by atoms with E-state index in [-0.39, 0.29) is 11.9 Å². The van der Waals surface area contributed by atoms with E-state index in [1.54, 1.807) is 11.3 Å². The van der Waals surface area contributed by atoms with Crippen LogP contribution in [0.3, 0.4) is 0 Å². The van der Waals surface area contributed by atoms with Crippen LogP contribution in [-0.2, 0) is 0 Å². The maximum Gasteiger partial charge on any atom is 0.123 e. The molecule has 0 radical (unpaired) electrons. The van der Waals surface area contributed by atoms with Crippen LogP contribution in [0.25, 0.3) is 0 Å². The second kappa shape index (κ2) is 5.23. The highest BCUT2D eigenvalue weighted by Crippen LogP contribution is 2.25. The van der Waals surface area contributed by atoms with Crippen molar-refractivity contribution >= 4 is 11.3 Å². The standard InChI is InChI=1S/C13H14FNS/c1-2-15-13(12-4-3-9-16-12)10-5-7-11(14)8-6-10/h3-9,13,15H,2H2,1H3. The van der Waals surface area contributed by atoms with Gasteiger partial charge >= 0.3 is 0 Å². The molecule has 0 bridgehead atoms. The molecule has 1 atom stereocenters. The lowest BCUT2D eigenvalue weighted by atomic mass is 10.1. The van der Waals surface area contributed by atoms with Gasteiger partial charge in [-0.1, -0.05) is 25.1 Å². The molecule has 1 heterocycles. The lowest BCUT2D eigenvalue weighted by molar-refractivity contribution is 0.617. The lowest BCUT2D eigenvalue weighted by Crippen LogP contribution is -2.20. The van der Waals surface area contributed by atoms with Crippen molar-refractivity contribution in [3.05, 3.63) is 58.0 Å². The van der Waals surface area contributed by atoms with Gasteiger partial charge in [0.05, 0.1) is 6.04 Å². The summed E-state index contributed by atoms with van der Waals surface area (Å²) in [4.78, 5) is 1.26. The van der Waals surface area contributed by atoms with E-state index in [1.165, 1.54) is 17.0 Å². The smallest absolute Gasteiger partial charge is 0.123 e. The van der Waals surface area contributed by atoms with Crippen LogP contribution in [0.4, 0.5) is 4.39 Å².